The van der Waals surface area contributed by atoms with Crippen LogP contribution in [0.1, 0.15) is 43.4 Å². The summed E-state index contributed by atoms with van der Waals surface area (Å²) in [4.78, 5) is 18.6. The fourth-order valence-electron chi connectivity index (χ4n) is 5.42. The van der Waals surface area contributed by atoms with Crippen LogP contribution in [0.25, 0.3) is 16.9 Å². The number of rotatable bonds is 5. The number of nitrogens with zero attached hydrogens (tertiary/aromatic N) is 3. The Morgan fingerprint density at radius 1 is 1.13 bits per heavy atom. The lowest BCUT2D eigenvalue weighted by atomic mass is 9.93. The fourth-order valence-corrected chi connectivity index (χ4v) is 6.91. The molecule has 2 saturated carbocycles. The fraction of sp³-hybridized carbons (Fsp3) is 0.435. The zero-order valence-corrected chi connectivity index (χ0v) is 21.0. The predicted octanol–water partition coefficient (Wildman–Crippen LogP) is 4.14. The lowest BCUT2D eigenvalue weighted by Gasteiger charge is -2.28. The van der Waals surface area contributed by atoms with E-state index in [0.717, 1.165) is 4.40 Å². The van der Waals surface area contributed by atoms with Crippen LogP contribution in [0.5, 0.6) is 0 Å². The summed E-state index contributed by atoms with van der Waals surface area (Å²) in [6.45, 7) is 1.63. The number of hydrogen-bond acceptors (Lipinski definition) is 7. The van der Waals surface area contributed by atoms with E-state index >= 15 is 0 Å². The monoisotopic (exact) mass is 577 g/mol. The molecule has 3 N–H and O–H groups in total. The largest absolute Gasteiger partial charge is 0.490 e. The van der Waals surface area contributed by atoms with Crippen molar-refractivity contribution in [1.82, 2.24) is 19.1 Å². The number of carbonyl (C=O) groups excluding carboxylic acids is 1. The van der Waals surface area contributed by atoms with Crippen molar-refractivity contribution in [3.05, 3.63) is 41.9 Å². The SMILES string of the molecule is Cc1ccc(S(=O)(=O)NC23CCC(OC(=O)C(F)(F)F)(CC2)C3)cc1-c1cnc2c(N)nc(C(F)(F)F)cn12. The highest BCUT2D eigenvalue weighted by Gasteiger charge is 2.60. The van der Waals surface area contributed by atoms with Gasteiger partial charge in [-0.1, -0.05) is 6.07 Å². The molecule has 3 aromatic rings. The number of aryl methyl sites for hydroxylation is 1. The highest BCUT2D eigenvalue weighted by Crippen LogP contribution is 2.53. The Hall–Kier alpha value is -3.40. The minimum atomic E-state index is -5.17. The van der Waals surface area contributed by atoms with Gasteiger partial charge in [0.15, 0.2) is 17.2 Å². The Morgan fingerprint density at radius 3 is 2.41 bits per heavy atom. The normalized spacial score (nSPS) is 23.5. The molecule has 0 unspecified atom stereocenters. The standard InChI is InChI=1S/C23H21F6N5O4S/c1-12-2-3-13(8-14(12)15-9-31-18-17(30)32-16(10-34(15)18)22(24,25)26)39(36,37)33-20-4-6-21(11-20,7-5-20)38-19(35)23(27,28)29/h2-3,8-10,33H,4-7,11H2,1H3,(H2,30,32). The third-order valence-corrected chi connectivity index (χ3v) is 8.85. The van der Waals surface area contributed by atoms with E-state index in [-0.39, 0.29) is 53.9 Å². The molecule has 5 rings (SSSR count). The Balaban J connectivity index is 1.46. The van der Waals surface area contributed by atoms with Gasteiger partial charge in [0.2, 0.25) is 10.0 Å². The number of anilines is 1. The van der Waals surface area contributed by atoms with Crippen LogP contribution in [0.2, 0.25) is 0 Å². The van der Waals surface area contributed by atoms with Gasteiger partial charge in [-0.25, -0.2) is 27.9 Å². The van der Waals surface area contributed by atoms with Crippen molar-refractivity contribution in [2.75, 3.05) is 5.73 Å². The van der Waals surface area contributed by atoms with Crippen molar-refractivity contribution < 1.29 is 44.3 Å². The first-order chi connectivity index (χ1) is 17.9. The van der Waals surface area contributed by atoms with E-state index in [1.807, 2.05) is 0 Å². The lowest BCUT2D eigenvalue weighted by molar-refractivity contribution is -0.213. The van der Waals surface area contributed by atoms with Crippen molar-refractivity contribution in [3.63, 3.8) is 0 Å². The molecular weight excluding hydrogens is 556 g/mol. The molecule has 0 aliphatic heterocycles. The van der Waals surface area contributed by atoms with Gasteiger partial charge in [0.25, 0.3) is 0 Å². The molecule has 2 fully saturated rings. The van der Waals surface area contributed by atoms with Crippen molar-refractivity contribution in [3.8, 4) is 11.3 Å². The molecule has 16 heteroatoms. The van der Waals surface area contributed by atoms with E-state index in [1.165, 1.54) is 24.4 Å². The number of alkyl halides is 6. The molecular formula is C23H21F6N5O4S. The molecule has 2 bridgehead atoms. The van der Waals surface area contributed by atoms with Gasteiger partial charge in [-0.2, -0.15) is 26.3 Å². The van der Waals surface area contributed by atoms with Crippen LogP contribution in [0.15, 0.2) is 35.5 Å². The zero-order chi connectivity index (χ0) is 28.6. The maximum absolute atomic E-state index is 13.4. The maximum Gasteiger partial charge on any atom is 0.490 e. The van der Waals surface area contributed by atoms with Crippen LogP contribution in [-0.2, 0) is 25.7 Å². The molecule has 0 spiro atoms. The highest BCUT2D eigenvalue weighted by molar-refractivity contribution is 7.89. The lowest BCUT2D eigenvalue weighted by Crippen LogP contribution is -2.44. The molecule has 0 atom stereocenters. The van der Waals surface area contributed by atoms with E-state index in [4.69, 9.17) is 10.5 Å². The van der Waals surface area contributed by atoms with Crippen LogP contribution in [0.3, 0.4) is 0 Å². The molecule has 39 heavy (non-hydrogen) atoms. The van der Waals surface area contributed by atoms with Crippen LogP contribution >= 0.6 is 0 Å². The minimum absolute atomic E-state index is 0.0515. The first-order valence-electron chi connectivity index (χ1n) is 11.6. The summed E-state index contributed by atoms with van der Waals surface area (Å²) >= 11 is 0. The Kier molecular flexibility index (Phi) is 5.96. The second-order valence-corrected chi connectivity index (χ2v) is 11.6. The summed E-state index contributed by atoms with van der Waals surface area (Å²) in [7, 11) is -4.25. The average molecular weight is 578 g/mol. The number of ether oxygens (including phenoxy) is 1. The number of nitrogens with one attached hydrogen (secondary N) is 1. The predicted molar refractivity (Wildman–Crippen MR) is 124 cm³/mol. The molecule has 210 valence electrons. The number of fused-ring (bicyclic) bond motifs is 3. The third-order valence-electron chi connectivity index (χ3n) is 7.27. The topological polar surface area (TPSA) is 129 Å². The molecule has 2 aliphatic carbocycles. The zero-order valence-electron chi connectivity index (χ0n) is 20.2. The summed E-state index contributed by atoms with van der Waals surface area (Å²) in [5.41, 5.74) is 2.77. The number of sulfonamides is 1. The van der Waals surface area contributed by atoms with E-state index in [0.29, 0.717) is 11.8 Å². The first-order valence-corrected chi connectivity index (χ1v) is 13.1. The number of aromatic nitrogens is 3. The average Bonchev–Trinajstić information content (AvgIpc) is 3.49. The number of imidazole rings is 1. The molecule has 1 aromatic carbocycles. The summed E-state index contributed by atoms with van der Waals surface area (Å²) in [5.74, 6) is -2.78. The van der Waals surface area contributed by atoms with Crippen molar-refractivity contribution in [1.29, 1.82) is 0 Å². The van der Waals surface area contributed by atoms with Gasteiger partial charge in [-0.05, 0) is 50.3 Å². The van der Waals surface area contributed by atoms with E-state index in [9.17, 15) is 39.6 Å². The smallest absolute Gasteiger partial charge is 0.452 e. The van der Waals surface area contributed by atoms with Gasteiger partial charge in [0, 0.05) is 23.7 Å². The quantitative estimate of drug-likeness (QED) is 0.345. The summed E-state index contributed by atoms with van der Waals surface area (Å²) in [6.07, 6.45) is -7.66. The first kappa shape index (κ1) is 27.2. The number of carbonyl (C=O) groups is 1. The number of hydrogen-bond donors (Lipinski definition) is 2. The van der Waals surface area contributed by atoms with Crippen LogP contribution in [0.4, 0.5) is 32.2 Å². The van der Waals surface area contributed by atoms with Gasteiger partial charge in [0.1, 0.15) is 5.60 Å². The van der Waals surface area contributed by atoms with Crippen molar-refractivity contribution >= 4 is 27.5 Å². The number of nitrogens with two attached hydrogens (primary N) is 1. The second kappa shape index (κ2) is 8.55. The number of halogens is 6. The second-order valence-electron chi connectivity index (χ2n) is 9.96. The third kappa shape index (κ3) is 4.79. The van der Waals surface area contributed by atoms with Crippen LogP contribution in [0, 0.1) is 6.92 Å². The molecule has 2 aliphatic rings. The van der Waals surface area contributed by atoms with Crippen molar-refractivity contribution in [2.45, 2.75) is 67.4 Å². The maximum atomic E-state index is 13.4. The van der Waals surface area contributed by atoms with Crippen molar-refractivity contribution in [2.24, 2.45) is 0 Å². The molecule has 9 nitrogen and oxygen atoms in total. The molecule has 0 radical (unpaired) electrons. The van der Waals surface area contributed by atoms with E-state index < -0.39 is 51.0 Å². The highest BCUT2D eigenvalue weighted by atomic mass is 32.2. The Morgan fingerprint density at radius 2 is 1.79 bits per heavy atom. The molecule has 0 amide bonds. The summed E-state index contributed by atoms with van der Waals surface area (Å²) in [5, 5.41) is 0. The number of benzene rings is 1. The number of nitrogen functional groups attached to an aromatic ring is 1. The number of esters is 1. The Labute approximate surface area is 217 Å². The van der Waals surface area contributed by atoms with Crippen LogP contribution < -0.4 is 10.5 Å². The van der Waals surface area contributed by atoms with Gasteiger partial charge in [0.05, 0.1) is 16.8 Å². The van der Waals surface area contributed by atoms with E-state index in [2.05, 4.69) is 14.7 Å². The van der Waals surface area contributed by atoms with Gasteiger partial charge >= 0.3 is 18.3 Å². The minimum Gasteiger partial charge on any atom is -0.452 e. The van der Waals surface area contributed by atoms with Gasteiger partial charge in [-0.3, -0.25) is 4.40 Å². The Bertz CT molecular complexity index is 1590. The van der Waals surface area contributed by atoms with Gasteiger partial charge < -0.3 is 10.5 Å². The molecule has 2 aromatic heterocycles. The molecule has 2 heterocycles. The van der Waals surface area contributed by atoms with E-state index in [1.54, 1.807) is 6.92 Å². The van der Waals surface area contributed by atoms with Gasteiger partial charge in [-0.15, -0.1) is 0 Å². The summed E-state index contributed by atoms with van der Waals surface area (Å²) < 4.78 is 113. The summed E-state index contributed by atoms with van der Waals surface area (Å²) in [6, 6.07) is 4.04. The van der Waals surface area contributed by atoms with Crippen LogP contribution in [-0.4, -0.2) is 46.1 Å². The molecule has 0 saturated heterocycles.